The van der Waals surface area contributed by atoms with Crippen molar-refractivity contribution in [3.8, 4) is 5.75 Å². The van der Waals surface area contributed by atoms with Crippen molar-refractivity contribution in [3.63, 3.8) is 0 Å². The molecule has 2 nitrogen and oxygen atoms in total. The fraction of sp³-hybridized carbons (Fsp3) is 0.364. The van der Waals surface area contributed by atoms with E-state index < -0.39 is 0 Å². The molecular formula is C11H14O2. The third kappa shape index (κ3) is 2.31. The first kappa shape index (κ1) is 9.78. The third-order valence-corrected chi connectivity index (χ3v) is 1.93. The monoisotopic (exact) mass is 178 g/mol. The fourth-order valence-corrected chi connectivity index (χ4v) is 1.24. The van der Waals surface area contributed by atoms with Gasteiger partial charge >= 0.3 is 0 Å². The Morgan fingerprint density at radius 1 is 1.46 bits per heavy atom. The first-order chi connectivity index (χ1) is 6.15. The van der Waals surface area contributed by atoms with Crippen molar-refractivity contribution >= 4 is 5.78 Å². The maximum Gasteiger partial charge on any atom is 0.166 e. The van der Waals surface area contributed by atoms with Crippen molar-refractivity contribution in [3.05, 3.63) is 29.3 Å². The lowest BCUT2D eigenvalue weighted by Gasteiger charge is -2.03. The van der Waals surface area contributed by atoms with Crippen LogP contribution in [0.25, 0.3) is 0 Å². The van der Waals surface area contributed by atoms with Crippen molar-refractivity contribution in [2.75, 3.05) is 0 Å². The summed E-state index contributed by atoms with van der Waals surface area (Å²) in [6, 6.07) is 5.13. The number of carbonyl (C=O) groups is 1. The highest BCUT2D eigenvalue weighted by Crippen LogP contribution is 2.20. The van der Waals surface area contributed by atoms with Gasteiger partial charge in [0.2, 0.25) is 0 Å². The second-order valence-electron chi connectivity index (χ2n) is 3.19. The van der Waals surface area contributed by atoms with Gasteiger partial charge in [-0.1, -0.05) is 13.0 Å². The number of benzene rings is 1. The number of Topliss-reactive ketones (excluding diaryl/α,β-unsaturated/α-hetero) is 1. The first-order valence-corrected chi connectivity index (χ1v) is 4.48. The topological polar surface area (TPSA) is 37.3 Å². The van der Waals surface area contributed by atoms with Crippen LogP contribution >= 0.6 is 0 Å². The molecule has 13 heavy (non-hydrogen) atoms. The second kappa shape index (κ2) is 4.08. The zero-order valence-corrected chi connectivity index (χ0v) is 8.00. The Labute approximate surface area is 78.2 Å². The molecule has 1 rings (SSSR count). The minimum absolute atomic E-state index is 0.0139. The minimum atomic E-state index is 0.0139. The van der Waals surface area contributed by atoms with E-state index in [0.29, 0.717) is 12.0 Å². The Bertz CT molecular complexity index is 316. The van der Waals surface area contributed by atoms with Crippen LogP contribution in [0.1, 0.15) is 35.7 Å². The molecule has 0 unspecified atom stereocenters. The highest BCUT2D eigenvalue weighted by Gasteiger charge is 2.09. The van der Waals surface area contributed by atoms with Gasteiger partial charge in [-0.15, -0.1) is 0 Å². The summed E-state index contributed by atoms with van der Waals surface area (Å²) < 4.78 is 0. The molecule has 1 aromatic carbocycles. The predicted octanol–water partition coefficient (Wildman–Crippen LogP) is 2.68. The summed E-state index contributed by atoms with van der Waals surface area (Å²) in [4.78, 5) is 11.4. The van der Waals surface area contributed by atoms with E-state index in [1.807, 2.05) is 19.9 Å². The van der Waals surface area contributed by atoms with E-state index in [4.69, 9.17) is 0 Å². The molecule has 0 saturated carbocycles. The molecule has 1 N–H and O–H groups in total. The molecular weight excluding hydrogens is 164 g/mol. The van der Waals surface area contributed by atoms with Crippen LogP contribution < -0.4 is 0 Å². The average molecular weight is 178 g/mol. The maximum absolute atomic E-state index is 11.4. The fourth-order valence-electron chi connectivity index (χ4n) is 1.24. The van der Waals surface area contributed by atoms with Gasteiger partial charge in [-0.2, -0.15) is 0 Å². The van der Waals surface area contributed by atoms with Gasteiger partial charge in [-0.25, -0.2) is 0 Å². The SMILES string of the molecule is CCCC(=O)c1ccc(C)cc1O. The molecule has 0 saturated heterocycles. The quantitative estimate of drug-likeness (QED) is 0.722. The van der Waals surface area contributed by atoms with Gasteiger partial charge in [0.1, 0.15) is 5.75 Å². The van der Waals surface area contributed by atoms with E-state index in [1.165, 1.54) is 0 Å². The van der Waals surface area contributed by atoms with E-state index >= 15 is 0 Å². The second-order valence-corrected chi connectivity index (χ2v) is 3.19. The van der Waals surface area contributed by atoms with Gasteiger partial charge in [0.15, 0.2) is 5.78 Å². The van der Waals surface area contributed by atoms with E-state index in [0.717, 1.165) is 12.0 Å². The molecule has 2 heteroatoms. The standard InChI is InChI=1S/C11H14O2/c1-3-4-10(12)9-6-5-8(2)7-11(9)13/h5-7,13H,3-4H2,1-2H3. The van der Waals surface area contributed by atoms with E-state index in [9.17, 15) is 9.90 Å². The number of rotatable bonds is 3. The lowest BCUT2D eigenvalue weighted by Crippen LogP contribution is -1.98. The first-order valence-electron chi connectivity index (χ1n) is 4.48. The van der Waals surface area contributed by atoms with Gasteiger partial charge in [-0.3, -0.25) is 4.79 Å². The Morgan fingerprint density at radius 2 is 2.15 bits per heavy atom. The van der Waals surface area contributed by atoms with Gasteiger partial charge in [0.25, 0.3) is 0 Å². The van der Waals surface area contributed by atoms with Crippen LogP contribution in [-0.4, -0.2) is 10.9 Å². The highest BCUT2D eigenvalue weighted by molar-refractivity contribution is 5.98. The van der Waals surface area contributed by atoms with Crippen LogP contribution in [0.4, 0.5) is 0 Å². The third-order valence-electron chi connectivity index (χ3n) is 1.93. The van der Waals surface area contributed by atoms with Crippen molar-refractivity contribution < 1.29 is 9.90 Å². The smallest absolute Gasteiger partial charge is 0.166 e. The molecule has 0 radical (unpaired) electrons. The summed E-state index contributed by atoms with van der Waals surface area (Å²) in [5, 5.41) is 9.47. The van der Waals surface area contributed by atoms with Crippen LogP contribution in [0.15, 0.2) is 18.2 Å². The van der Waals surface area contributed by atoms with Crippen LogP contribution in [0.2, 0.25) is 0 Å². The molecule has 0 aliphatic carbocycles. The van der Waals surface area contributed by atoms with Crippen molar-refractivity contribution in [2.24, 2.45) is 0 Å². The van der Waals surface area contributed by atoms with Crippen LogP contribution in [0, 0.1) is 6.92 Å². The van der Waals surface area contributed by atoms with Gasteiger partial charge in [0.05, 0.1) is 5.56 Å². The Morgan fingerprint density at radius 3 is 2.69 bits per heavy atom. The number of carbonyl (C=O) groups excluding carboxylic acids is 1. The zero-order chi connectivity index (χ0) is 9.84. The molecule has 0 aliphatic rings. The van der Waals surface area contributed by atoms with E-state index in [1.54, 1.807) is 12.1 Å². The summed E-state index contributed by atoms with van der Waals surface area (Å²) in [6.45, 7) is 3.83. The lowest BCUT2D eigenvalue weighted by molar-refractivity contribution is 0.0979. The lowest BCUT2D eigenvalue weighted by atomic mass is 10.0. The number of hydrogen-bond acceptors (Lipinski definition) is 2. The van der Waals surface area contributed by atoms with Gasteiger partial charge in [-0.05, 0) is 31.0 Å². The summed E-state index contributed by atoms with van der Waals surface area (Å²) in [5.74, 6) is 0.110. The highest BCUT2D eigenvalue weighted by atomic mass is 16.3. The molecule has 0 atom stereocenters. The zero-order valence-electron chi connectivity index (χ0n) is 8.00. The molecule has 0 bridgehead atoms. The van der Waals surface area contributed by atoms with Gasteiger partial charge < -0.3 is 5.11 Å². The molecule has 0 spiro atoms. The summed E-state index contributed by atoms with van der Waals surface area (Å²) in [5.41, 5.74) is 1.40. The average Bonchev–Trinajstić information content (AvgIpc) is 2.04. The Kier molecular flexibility index (Phi) is 3.07. The predicted molar refractivity (Wildman–Crippen MR) is 52.1 cm³/mol. The van der Waals surface area contributed by atoms with Crippen LogP contribution in [0.5, 0.6) is 5.75 Å². The number of ketones is 1. The number of phenols is 1. The number of hydrogen-bond donors (Lipinski definition) is 1. The number of aromatic hydroxyl groups is 1. The molecule has 70 valence electrons. The number of aryl methyl sites for hydroxylation is 1. The van der Waals surface area contributed by atoms with Crippen LogP contribution in [-0.2, 0) is 0 Å². The molecule has 0 aliphatic heterocycles. The van der Waals surface area contributed by atoms with Crippen molar-refractivity contribution in [2.45, 2.75) is 26.7 Å². The van der Waals surface area contributed by atoms with Crippen molar-refractivity contribution in [1.82, 2.24) is 0 Å². The van der Waals surface area contributed by atoms with Crippen LogP contribution in [0.3, 0.4) is 0 Å². The largest absolute Gasteiger partial charge is 0.507 e. The molecule has 0 fully saturated rings. The molecule has 0 heterocycles. The number of phenolic OH excluding ortho intramolecular Hbond substituents is 1. The van der Waals surface area contributed by atoms with E-state index in [2.05, 4.69) is 0 Å². The van der Waals surface area contributed by atoms with E-state index in [-0.39, 0.29) is 11.5 Å². The molecule has 0 aromatic heterocycles. The summed E-state index contributed by atoms with van der Waals surface area (Å²) in [7, 11) is 0. The normalized spacial score (nSPS) is 10.0. The Balaban J connectivity index is 2.95. The summed E-state index contributed by atoms with van der Waals surface area (Å²) in [6.07, 6.45) is 1.31. The summed E-state index contributed by atoms with van der Waals surface area (Å²) >= 11 is 0. The maximum atomic E-state index is 11.4. The Hall–Kier alpha value is -1.31. The van der Waals surface area contributed by atoms with Gasteiger partial charge in [0, 0.05) is 6.42 Å². The molecule has 0 amide bonds. The minimum Gasteiger partial charge on any atom is -0.507 e. The molecule has 1 aromatic rings. The van der Waals surface area contributed by atoms with Crippen molar-refractivity contribution in [1.29, 1.82) is 0 Å².